The van der Waals surface area contributed by atoms with Crippen molar-refractivity contribution in [2.75, 3.05) is 10.6 Å². The third kappa shape index (κ3) is 6.07. The van der Waals surface area contributed by atoms with E-state index in [1.54, 1.807) is 37.3 Å². The van der Waals surface area contributed by atoms with Crippen LogP contribution in [0.3, 0.4) is 0 Å². The monoisotopic (exact) mass is 590 g/mol. The molecule has 1 amide bonds. The van der Waals surface area contributed by atoms with Crippen LogP contribution in [0.4, 0.5) is 35.4 Å². The molecule has 0 aliphatic heterocycles. The van der Waals surface area contributed by atoms with Crippen LogP contribution in [0.1, 0.15) is 18.1 Å². The molecule has 0 saturated carbocycles. The average Bonchev–Trinajstić information content (AvgIpc) is 3.29. The molecular weight excluding hydrogens is 569 g/mol. The lowest BCUT2D eigenvalue weighted by atomic mass is 10.2. The molecule has 0 saturated heterocycles. The number of amides is 1. The summed E-state index contributed by atoms with van der Waals surface area (Å²) in [6.45, 7) is 1.56. The Bertz CT molecular complexity index is 1930. The summed E-state index contributed by atoms with van der Waals surface area (Å²) < 4.78 is 53.7. The number of carbonyl (C=O) groups is 1. The maximum atomic E-state index is 13.4. The molecule has 1 aromatic carbocycles. The number of halogens is 3. The Kier molecular flexibility index (Phi) is 7.67. The summed E-state index contributed by atoms with van der Waals surface area (Å²) in [7, 11) is 1.50. The Labute approximate surface area is 241 Å². The molecule has 12 nitrogen and oxygen atoms in total. The van der Waals surface area contributed by atoms with Crippen LogP contribution in [-0.4, -0.2) is 30.2 Å². The van der Waals surface area contributed by atoms with Gasteiger partial charge >= 0.3 is 12.3 Å². The van der Waals surface area contributed by atoms with Crippen LogP contribution in [0.5, 0.6) is 17.2 Å². The smallest absolute Gasteiger partial charge is 0.418 e. The van der Waals surface area contributed by atoms with Crippen molar-refractivity contribution >= 4 is 34.7 Å². The molecule has 4 aromatic heterocycles. The number of ether oxygens (including phenoxy) is 2. The highest BCUT2D eigenvalue weighted by molar-refractivity contribution is 5.86. The highest BCUT2D eigenvalue weighted by Crippen LogP contribution is 2.33. The van der Waals surface area contributed by atoms with Crippen LogP contribution < -0.4 is 25.7 Å². The summed E-state index contributed by atoms with van der Waals surface area (Å²) in [4.78, 5) is 37.5. The van der Waals surface area contributed by atoms with E-state index in [-0.39, 0.29) is 52.2 Å². The second-order valence-electron chi connectivity index (χ2n) is 8.94. The first kappa shape index (κ1) is 28.6. The lowest BCUT2D eigenvalue weighted by Crippen LogP contribution is -2.24. The van der Waals surface area contributed by atoms with Crippen LogP contribution in [0.2, 0.25) is 0 Å². The summed E-state index contributed by atoms with van der Waals surface area (Å²) in [5, 5.41) is 15.1. The van der Waals surface area contributed by atoms with Crippen LogP contribution in [0.25, 0.3) is 11.2 Å². The third-order valence-electron chi connectivity index (χ3n) is 6.12. The fourth-order valence-corrected chi connectivity index (χ4v) is 4.08. The molecule has 43 heavy (non-hydrogen) atoms. The van der Waals surface area contributed by atoms with Gasteiger partial charge in [-0.15, -0.1) is 0 Å². The molecule has 4 heterocycles. The molecule has 5 rings (SSSR count). The molecular formula is C28H21F3N8O4. The fourth-order valence-electron chi connectivity index (χ4n) is 4.08. The van der Waals surface area contributed by atoms with Crippen molar-refractivity contribution in [2.24, 2.45) is 7.05 Å². The SMILES string of the molecule is CCn1cc(C(F)(F)F)cc(Nc2nc3ncc(Oc4ccnc(NC(=O)Oc5ccccc5)c4)c(C#N)c3n2C)c1=O. The van der Waals surface area contributed by atoms with Gasteiger partial charge in [0.15, 0.2) is 11.4 Å². The summed E-state index contributed by atoms with van der Waals surface area (Å²) in [5.74, 6) is 0.646. The summed E-state index contributed by atoms with van der Waals surface area (Å²) in [5.41, 5.74) is -1.76. The first-order valence-electron chi connectivity index (χ1n) is 12.6. The van der Waals surface area contributed by atoms with Crippen molar-refractivity contribution in [3.05, 3.63) is 88.6 Å². The number of benzene rings is 1. The standard InChI is InChI=1S/C28H21F3N8O4/c1-3-39-15-16(28(29,30)31)11-20(25(39)40)35-26-37-24-23(38(26)2)19(13-32)21(14-34-24)42-18-9-10-33-22(12-18)36-27(41)43-17-7-5-4-6-8-17/h4-12,14-15H,3H2,1-2H3,(H,33,36,41)(H,34,35,37). The first-order valence-corrected chi connectivity index (χ1v) is 12.6. The summed E-state index contributed by atoms with van der Waals surface area (Å²) >= 11 is 0. The van der Waals surface area contributed by atoms with Gasteiger partial charge in [-0.3, -0.25) is 10.1 Å². The van der Waals surface area contributed by atoms with Gasteiger partial charge in [-0.05, 0) is 31.2 Å². The molecule has 5 aromatic rings. The minimum absolute atomic E-state index is 0.0119. The van der Waals surface area contributed by atoms with E-state index in [2.05, 4.69) is 25.6 Å². The molecule has 0 spiro atoms. The number of alkyl halides is 3. The van der Waals surface area contributed by atoms with E-state index in [1.807, 2.05) is 6.07 Å². The zero-order valence-corrected chi connectivity index (χ0v) is 22.5. The predicted octanol–water partition coefficient (Wildman–Crippen LogP) is 5.58. The van der Waals surface area contributed by atoms with Gasteiger partial charge in [-0.2, -0.15) is 23.4 Å². The Morgan fingerprint density at radius 1 is 1.12 bits per heavy atom. The van der Waals surface area contributed by atoms with Gasteiger partial charge in [0.1, 0.15) is 40.2 Å². The van der Waals surface area contributed by atoms with Gasteiger partial charge in [0, 0.05) is 32.1 Å². The lowest BCUT2D eigenvalue weighted by Gasteiger charge is -2.13. The zero-order valence-electron chi connectivity index (χ0n) is 22.5. The van der Waals surface area contributed by atoms with Crippen LogP contribution >= 0.6 is 0 Å². The average molecular weight is 591 g/mol. The van der Waals surface area contributed by atoms with Gasteiger partial charge in [-0.1, -0.05) is 18.2 Å². The number of fused-ring (bicyclic) bond motifs is 1. The van der Waals surface area contributed by atoms with Gasteiger partial charge in [0.25, 0.3) is 5.56 Å². The third-order valence-corrected chi connectivity index (χ3v) is 6.12. The number of rotatable bonds is 7. The summed E-state index contributed by atoms with van der Waals surface area (Å²) in [6, 6.07) is 14.0. The molecule has 0 aliphatic rings. The predicted molar refractivity (Wildman–Crippen MR) is 148 cm³/mol. The first-order chi connectivity index (χ1) is 20.6. The Balaban J connectivity index is 1.42. The van der Waals surface area contributed by atoms with Crippen molar-refractivity contribution in [2.45, 2.75) is 19.6 Å². The van der Waals surface area contributed by atoms with E-state index in [0.29, 0.717) is 11.8 Å². The number of hydrogen-bond acceptors (Lipinski definition) is 9. The van der Waals surface area contributed by atoms with Gasteiger partial charge in [0.05, 0.1) is 11.8 Å². The molecule has 0 bridgehead atoms. The highest BCUT2D eigenvalue weighted by atomic mass is 19.4. The number of aryl methyl sites for hydroxylation is 2. The largest absolute Gasteiger partial charge is 0.454 e. The molecule has 0 fully saturated rings. The number of carbonyl (C=O) groups excluding carboxylic acids is 1. The van der Waals surface area contributed by atoms with E-state index >= 15 is 0 Å². The number of hydrogen-bond donors (Lipinski definition) is 2. The topological polar surface area (TPSA) is 149 Å². The van der Waals surface area contributed by atoms with E-state index in [0.717, 1.165) is 10.8 Å². The van der Waals surface area contributed by atoms with Crippen LogP contribution in [0, 0.1) is 11.3 Å². The number of aromatic nitrogens is 5. The quantitative estimate of drug-likeness (QED) is 0.248. The molecule has 0 radical (unpaired) electrons. The van der Waals surface area contributed by atoms with E-state index in [4.69, 9.17) is 9.47 Å². The van der Waals surface area contributed by atoms with Gasteiger partial charge < -0.3 is 23.9 Å². The normalized spacial score (nSPS) is 11.2. The van der Waals surface area contributed by atoms with Crippen molar-refractivity contribution < 1.29 is 27.4 Å². The number of nitrogens with one attached hydrogen (secondary N) is 2. The Hall–Kier alpha value is -5.91. The second-order valence-corrected chi connectivity index (χ2v) is 8.94. The molecule has 0 atom stereocenters. The van der Waals surface area contributed by atoms with E-state index < -0.39 is 23.4 Å². The fraction of sp³-hybridized carbons (Fsp3) is 0.143. The van der Waals surface area contributed by atoms with Crippen LogP contribution in [-0.2, 0) is 19.8 Å². The molecule has 0 aliphatic carbocycles. The highest BCUT2D eigenvalue weighted by Gasteiger charge is 2.32. The maximum Gasteiger partial charge on any atom is 0.418 e. The van der Waals surface area contributed by atoms with Crippen LogP contribution in [0.15, 0.2) is 71.9 Å². The van der Waals surface area contributed by atoms with Crippen molar-refractivity contribution in [1.29, 1.82) is 5.26 Å². The molecule has 0 unspecified atom stereocenters. The van der Waals surface area contributed by atoms with E-state index in [1.165, 1.54) is 36.1 Å². The van der Waals surface area contributed by atoms with Gasteiger partial charge in [0.2, 0.25) is 5.95 Å². The van der Waals surface area contributed by atoms with Crippen molar-refractivity contribution in [3.63, 3.8) is 0 Å². The minimum Gasteiger partial charge on any atom is -0.454 e. The Morgan fingerprint density at radius 3 is 2.58 bits per heavy atom. The second kappa shape index (κ2) is 11.5. The number of pyridine rings is 3. The number of nitriles is 1. The molecule has 2 N–H and O–H groups in total. The van der Waals surface area contributed by atoms with Gasteiger partial charge in [-0.25, -0.2) is 14.8 Å². The number of para-hydroxylation sites is 1. The maximum absolute atomic E-state index is 13.4. The van der Waals surface area contributed by atoms with Crippen molar-refractivity contribution in [1.82, 2.24) is 24.1 Å². The zero-order chi connectivity index (χ0) is 30.7. The Morgan fingerprint density at radius 2 is 1.88 bits per heavy atom. The number of nitrogens with zero attached hydrogens (tertiary/aromatic N) is 6. The molecule has 218 valence electrons. The molecule has 15 heteroatoms. The van der Waals surface area contributed by atoms with E-state index in [9.17, 15) is 28.0 Å². The lowest BCUT2D eigenvalue weighted by molar-refractivity contribution is -0.138. The number of anilines is 3. The minimum atomic E-state index is -4.68. The summed E-state index contributed by atoms with van der Waals surface area (Å²) in [6.07, 6.45) is -2.09. The number of imidazole rings is 1. The van der Waals surface area contributed by atoms with Crippen molar-refractivity contribution in [3.8, 4) is 23.3 Å².